The van der Waals surface area contributed by atoms with Gasteiger partial charge in [0.2, 0.25) is 0 Å². The second kappa shape index (κ2) is 8.70. The Morgan fingerprint density at radius 2 is 1.73 bits per heavy atom. The number of aliphatic hydroxyl groups is 1. The largest absolute Gasteiger partial charge is 0.393 e. The van der Waals surface area contributed by atoms with Gasteiger partial charge in [-0.2, -0.15) is 0 Å². The van der Waals surface area contributed by atoms with Crippen molar-refractivity contribution < 1.29 is 5.11 Å². The van der Waals surface area contributed by atoms with Crippen molar-refractivity contribution in [2.75, 3.05) is 13.1 Å². The van der Waals surface area contributed by atoms with E-state index in [1.165, 1.54) is 11.8 Å². The Bertz CT molecular complexity index is 773. The standard InChI is InChI=1S/C22H25N3O/c1-2-24-22(21(23)18-6-4-3-5-7-18)19-10-8-17(9-11-19)16-25-14-12-20(26)13-15-25/h2-11,20,23,26H,1,12-16H2. The van der Waals surface area contributed by atoms with E-state index in [0.29, 0.717) is 11.4 Å². The Balaban J connectivity index is 1.74. The molecule has 3 rings (SSSR count). The van der Waals surface area contributed by atoms with Crippen LogP contribution in [0.3, 0.4) is 0 Å². The predicted octanol–water partition coefficient (Wildman–Crippen LogP) is 3.64. The monoisotopic (exact) mass is 347 g/mol. The Kier molecular flexibility index (Phi) is 6.10. The summed E-state index contributed by atoms with van der Waals surface area (Å²) in [7, 11) is 0. The van der Waals surface area contributed by atoms with E-state index in [-0.39, 0.29) is 6.10 Å². The van der Waals surface area contributed by atoms with Gasteiger partial charge in [-0.3, -0.25) is 15.3 Å². The Morgan fingerprint density at radius 3 is 2.35 bits per heavy atom. The minimum absolute atomic E-state index is 0.143. The van der Waals surface area contributed by atoms with Crippen molar-refractivity contribution in [1.29, 1.82) is 5.41 Å². The van der Waals surface area contributed by atoms with Crippen molar-refractivity contribution >= 4 is 11.4 Å². The molecule has 1 fully saturated rings. The summed E-state index contributed by atoms with van der Waals surface area (Å²) in [6, 6.07) is 17.9. The van der Waals surface area contributed by atoms with E-state index in [1.54, 1.807) is 0 Å². The fourth-order valence-electron chi connectivity index (χ4n) is 3.22. The van der Waals surface area contributed by atoms with Gasteiger partial charge in [0.25, 0.3) is 0 Å². The second-order valence-corrected chi connectivity index (χ2v) is 6.61. The molecule has 1 aliphatic heterocycles. The molecule has 4 nitrogen and oxygen atoms in total. The van der Waals surface area contributed by atoms with Gasteiger partial charge >= 0.3 is 0 Å². The SMILES string of the molecule is C=CN=C(C(=N)c1ccccc1)c1ccc(CN2CCC(O)CC2)cc1. The molecular weight excluding hydrogens is 322 g/mol. The smallest absolute Gasteiger partial charge is 0.0957 e. The summed E-state index contributed by atoms with van der Waals surface area (Å²) in [5, 5.41) is 18.1. The molecule has 0 spiro atoms. The molecule has 2 aromatic rings. The summed E-state index contributed by atoms with van der Waals surface area (Å²) >= 11 is 0. The molecule has 0 radical (unpaired) electrons. The van der Waals surface area contributed by atoms with Crippen molar-refractivity contribution in [1.82, 2.24) is 4.90 Å². The highest BCUT2D eigenvalue weighted by Gasteiger charge is 2.17. The molecule has 2 N–H and O–H groups in total. The zero-order valence-corrected chi connectivity index (χ0v) is 14.9. The minimum Gasteiger partial charge on any atom is -0.393 e. The Morgan fingerprint density at radius 1 is 1.08 bits per heavy atom. The average molecular weight is 347 g/mol. The third kappa shape index (κ3) is 4.54. The summed E-state index contributed by atoms with van der Waals surface area (Å²) in [4.78, 5) is 6.71. The molecule has 134 valence electrons. The van der Waals surface area contributed by atoms with E-state index < -0.39 is 0 Å². The molecule has 0 aromatic heterocycles. The first kappa shape index (κ1) is 18.2. The second-order valence-electron chi connectivity index (χ2n) is 6.61. The molecule has 1 heterocycles. The number of aliphatic imine (C=N–C) groups is 1. The van der Waals surface area contributed by atoms with Gasteiger partial charge in [-0.1, -0.05) is 61.2 Å². The van der Waals surface area contributed by atoms with Gasteiger partial charge in [-0.25, -0.2) is 0 Å². The molecular formula is C22H25N3O. The van der Waals surface area contributed by atoms with Crippen LogP contribution in [0.15, 0.2) is 72.4 Å². The average Bonchev–Trinajstić information content (AvgIpc) is 2.69. The van der Waals surface area contributed by atoms with Gasteiger partial charge in [-0.15, -0.1) is 0 Å². The van der Waals surface area contributed by atoms with Crippen molar-refractivity contribution in [3.8, 4) is 0 Å². The zero-order chi connectivity index (χ0) is 18.4. The van der Waals surface area contributed by atoms with Crippen LogP contribution in [0, 0.1) is 5.41 Å². The lowest BCUT2D eigenvalue weighted by molar-refractivity contribution is 0.0792. The summed E-state index contributed by atoms with van der Waals surface area (Å²) in [6.07, 6.45) is 3.04. The number of rotatable bonds is 6. The van der Waals surface area contributed by atoms with Crippen LogP contribution < -0.4 is 0 Å². The lowest BCUT2D eigenvalue weighted by atomic mass is 9.98. The predicted molar refractivity (Wildman–Crippen MR) is 107 cm³/mol. The molecule has 0 atom stereocenters. The zero-order valence-electron chi connectivity index (χ0n) is 14.9. The van der Waals surface area contributed by atoms with Gasteiger partial charge in [-0.05, 0) is 18.4 Å². The molecule has 26 heavy (non-hydrogen) atoms. The fourth-order valence-corrected chi connectivity index (χ4v) is 3.22. The van der Waals surface area contributed by atoms with Crippen LogP contribution >= 0.6 is 0 Å². The number of hydrogen-bond donors (Lipinski definition) is 2. The highest BCUT2D eigenvalue weighted by molar-refractivity contribution is 6.52. The van der Waals surface area contributed by atoms with E-state index in [0.717, 1.165) is 43.6 Å². The Labute approximate surface area is 155 Å². The molecule has 0 amide bonds. The molecule has 0 unspecified atom stereocenters. The number of nitrogens with zero attached hydrogens (tertiary/aromatic N) is 2. The quantitative estimate of drug-likeness (QED) is 0.784. The van der Waals surface area contributed by atoms with Crippen LogP contribution in [0.1, 0.15) is 29.5 Å². The molecule has 0 aliphatic carbocycles. The van der Waals surface area contributed by atoms with E-state index in [4.69, 9.17) is 5.41 Å². The van der Waals surface area contributed by atoms with Crippen LogP contribution in [-0.2, 0) is 6.54 Å². The summed E-state index contributed by atoms with van der Waals surface area (Å²) < 4.78 is 0. The topological polar surface area (TPSA) is 59.7 Å². The number of aliphatic hydroxyl groups excluding tert-OH is 1. The van der Waals surface area contributed by atoms with Crippen molar-refractivity contribution in [2.45, 2.75) is 25.5 Å². The maximum absolute atomic E-state index is 9.62. The fraction of sp³-hybridized carbons (Fsp3) is 0.273. The summed E-state index contributed by atoms with van der Waals surface area (Å²) in [5.74, 6) is 0. The number of piperidine rings is 1. The van der Waals surface area contributed by atoms with Crippen molar-refractivity contribution in [3.63, 3.8) is 0 Å². The van der Waals surface area contributed by atoms with Crippen LogP contribution in [-0.4, -0.2) is 40.6 Å². The van der Waals surface area contributed by atoms with Crippen molar-refractivity contribution in [3.05, 3.63) is 84.1 Å². The maximum atomic E-state index is 9.62. The van der Waals surface area contributed by atoms with Gasteiger partial charge in [0.1, 0.15) is 0 Å². The molecule has 1 aliphatic rings. The first-order valence-corrected chi connectivity index (χ1v) is 9.00. The van der Waals surface area contributed by atoms with E-state index in [9.17, 15) is 5.11 Å². The van der Waals surface area contributed by atoms with Gasteiger partial charge in [0.15, 0.2) is 0 Å². The first-order chi connectivity index (χ1) is 12.7. The summed E-state index contributed by atoms with van der Waals surface area (Å²) in [6.45, 7) is 6.45. The van der Waals surface area contributed by atoms with E-state index in [2.05, 4.69) is 28.6 Å². The molecule has 0 saturated carbocycles. The van der Waals surface area contributed by atoms with Crippen LogP contribution in [0.4, 0.5) is 0 Å². The normalized spacial score (nSPS) is 16.4. The molecule has 4 heteroatoms. The number of nitrogens with one attached hydrogen (secondary N) is 1. The number of benzene rings is 2. The molecule has 0 bridgehead atoms. The van der Waals surface area contributed by atoms with Crippen LogP contribution in [0.5, 0.6) is 0 Å². The Hall–Kier alpha value is -2.56. The van der Waals surface area contributed by atoms with Crippen LogP contribution in [0.25, 0.3) is 0 Å². The minimum atomic E-state index is -0.143. The maximum Gasteiger partial charge on any atom is 0.0957 e. The number of hydrogen-bond acceptors (Lipinski definition) is 4. The third-order valence-electron chi connectivity index (χ3n) is 4.71. The van der Waals surface area contributed by atoms with Crippen LogP contribution in [0.2, 0.25) is 0 Å². The third-order valence-corrected chi connectivity index (χ3v) is 4.71. The molecule has 1 saturated heterocycles. The first-order valence-electron chi connectivity index (χ1n) is 9.00. The summed E-state index contributed by atoms with van der Waals surface area (Å²) in [5.41, 5.74) is 4.00. The highest BCUT2D eigenvalue weighted by atomic mass is 16.3. The van der Waals surface area contributed by atoms with E-state index >= 15 is 0 Å². The van der Waals surface area contributed by atoms with Gasteiger partial charge < -0.3 is 5.11 Å². The lowest BCUT2D eigenvalue weighted by Gasteiger charge is -2.29. The van der Waals surface area contributed by atoms with Gasteiger partial charge in [0, 0.05) is 37.0 Å². The lowest BCUT2D eigenvalue weighted by Crippen LogP contribution is -2.35. The van der Waals surface area contributed by atoms with Crippen molar-refractivity contribution in [2.24, 2.45) is 4.99 Å². The molecule has 2 aromatic carbocycles. The highest BCUT2D eigenvalue weighted by Crippen LogP contribution is 2.16. The number of likely N-dealkylation sites (tertiary alicyclic amines) is 1. The van der Waals surface area contributed by atoms with Gasteiger partial charge in [0.05, 0.1) is 17.5 Å². The van der Waals surface area contributed by atoms with E-state index in [1.807, 2.05) is 42.5 Å².